The average molecular weight is 394 g/mol. The second-order valence-electron chi connectivity index (χ2n) is 5.44. The molecule has 0 bridgehead atoms. The van der Waals surface area contributed by atoms with Crippen LogP contribution in [0.3, 0.4) is 0 Å². The van der Waals surface area contributed by atoms with Crippen LogP contribution in [-0.2, 0) is 12.9 Å². The first kappa shape index (κ1) is 19.1. The summed E-state index contributed by atoms with van der Waals surface area (Å²) in [7, 11) is 1.39. The van der Waals surface area contributed by atoms with Crippen LogP contribution in [0.25, 0.3) is 11.3 Å². The highest BCUT2D eigenvalue weighted by atomic mass is 19.4. The summed E-state index contributed by atoms with van der Waals surface area (Å²) in [6, 6.07) is 7.91. The maximum Gasteiger partial charge on any atom is 0.433 e. The van der Waals surface area contributed by atoms with Crippen molar-refractivity contribution in [3.05, 3.63) is 54.0 Å². The van der Waals surface area contributed by atoms with Gasteiger partial charge in [-0.2, -0.15) is 28.2 Å². The molecule has 0 amide bonds. The number of carboxylic acids is 1. The number of ether oxygens (including phenoxy) is 2. The monoisotopic (exact) mass is 394 g/mol. The molecule has 2 heterocycles. The summed E-state index contributed by atoms with van der Waals surface area (Å²) in [5.41, 5.74) is -1.13. The van der Waals surface area contributed by atoms with E-state index in [-0.39, 0.29) is 18.1 Å². The van der Waals surface area contributed by atoms with Crippen LogP contribution in [-0.4, -0.2) is 37.9 Å². The number of hydrogen-bond acceptors (Lipinski definition) is 6. The van der Waals surface area contributed by atoms with Crippen molar-refractivity contribution in [1.82, 2.24) is 19.7 Å². The highest BCUT2D eigenvalue weighted by Crippen LogP contribution is 2.34. The molecule has 2 aromatic heterocycles. The molecule has 146 valence electrons. The van der Waals surface area contributed by atoms with Gasteiger partial charge in [0.1, 0.15) is 5.75 Å². The minimum Gasteiger partial charge on any atom is -0.496 e. The number of aromatic nitrogens is 4. The summed E-state index contributed by atoms with van der Waals surface area (Å²) in [4.78, 5) is 18.2. The first-order chi connectivity index (χ1) is 13.3. The molecule has 0 atom stereocenters. The molecule has 1 N–H and O–H groups in total. The molecule has 1 aromatic carbocycles. The highest BCUT2D eigenvalue weighted by molar-refractivity contribution is 5.85. The van der Waals surface area contributed by atoms with Crippen LogP contribution in [0.15, 0.2) is 42.6 Å². The van der Waals surface area contributed by atoms with Crippen molar-refractivity contribution in [2.75, 3.05) is 7.11 Å². The standard InChI is InChI=1S/C17H13F3N4O4/c1-27-13-5-3-2-4-10(13)12-8-14(17(18,19)20)22-16(21-12)28-9-24-7-6-11(23-24)15(25)26/h2-8H,9H2,1H3,(H,25,26). The van der Waals surface area contributed by atoms with Gasteiger partial charge in [0, 0.05) is 11.8 Å². The third kappa shape index (κ3) is 4.19. The third-order valence-electron chi connectivity index (χ3n) is 3.56. The van der Waals surface area contributed by atoms with Crippen LogP contribution >= 0.6 is 0 Å². The van der Waals surface area contributed by atoms with Crippen molar-refractivity contribution < 1.29 is 32.5 Å². The smallest absolute Gasteiger partial charge is 0.433 e. The Balaban J connectivity index is 1.95. The van der Waals surface area contributed by atoms with Crippen LogP contribution in [0.2, 0.25) is 0 Å². The van der Waals surface area contributed by atoms with E-state index in [2.05, 4.69) is 15.1 Å². The zero-order valence-electron chi connectivity index (χ0n) is 14.3. The average Bonchev–Trinajstić information content (AvgIpc) is 3.15. The molecule has 0 unspecified atom stereocenters. The Morgan fingerprint density at radius 1 is 1.21 bits per heavy atom. The molecule has 11 heteroatoms. The number of aromatic carboxylic acids is 1. The van der Waals surface area contributed by atoms with E-state index in [9.17, 15) is 18.0 Å². The summed E-state index contributed by atoms with van der Waals surface area (Å²) < 4.78 is 51.2. The lowest BCUT2D eigenvalue weighted by atomic mass is 10.1. The molecule has 0 aliphatic carbocycles. The van der Waals surface area contributed by atoms with Crippen LogP contribution < -0.4 is 9.47 Å². The molecule has 0 saturated carbocycles. The normalized spacial score (nSPS) is 11.3. The van der Waals surface area contributed by atoms with Crippen LogP contribution in [0.1, 0.15) is 16.2 Å². The number of halogens is 3. The number of carboxylic acid groups (broad SMARTS) is 1. The Bertz CT molecular complexity index is 1000. The van der Waals surface area contributed by atoms with Crippen LogP contribution in [0, 0.1) is 0 Å². The van der Waals surface area contributed by atoms with E-state index in [1.165, 1.54) is 19.4 Å². The predicted molar refractivity (Wildman–Crippen MR) is 88.8 cm³/mol. The van der Waals surface area contributed by atoms with E-state index in [1.54, 1.807) is 24.3 Å². The number of para-hydroxylation sites is 1. The highest BCUT2D eigenvalue weighted by Gasteiger charge is 2.34. The molecule has 3 aromatic rings. The molecule has 0 saturated heterocycles. The van der Waals surface area contributed by atoms with E-state index in [4.69, 9.17) is 14.6 Å². The number of carbonyl (C=O) groups is 1. The van der Waals surface area contributed by atoms with E-state index in [0.717, 1.165) is 10.7 Å². The van der Waals surface area contributed by atoms with Crippen LogP contribution in [0.5, 0.6) is 11.8 Å². The fourth-order valence-electron chi connectivity index (χ4n) is 2.30. The van der Waals surface area contributed by atoms with Crippen molar-refractivity contribution in [3.8, 4) is 23.0 Å². The Morgan fingerprint density at radius 2 is 1.96 bits per heavy atom. The van der Waals surface area contributed by atoms with Crippen molar-refractivity contribution in [3.63, 3.8) is 0 Å². The van der Waals surface area contributed by atoms with E-state index in [1.807, 2.05) is 0 Å². The van der Waals surface area contributed by atoms with Gasteiger partial charge < -0.3 is 14.6 Å². The van der Waals surface area contributed by atoms with Gasteiger partial charge in [-0.1, -0.05) is 12.1 Å². The third-order valence-corrected chi connectivity index (χ3v) is 3.56. The summed E-state index contributed by atoms with van der Waals surface area (Å²) in [6.07, 6.45) is -3.42. The van der Waals surface area contributed by atoms with Crippen molar-refractivity contribution >= 4 is 5.97 Å². The number of alkyl halides is 3. The fourth-order valence-corrected chi connectivity index (χ4v) is 2.30. The van der Waals surface area contributed by atoms with E-state index in [0.29, 0.717) is 11.3 Å². The molecule has 28 heavy (non-hydrogen) atoms. The number of nitrogens with zero attached hydrogens (tertiary/aromatic N) is 4. The zero-order valence-corrected chi connectivity index (χ0v) is 14.3. The largest absolute Gasteiger partial charge is 0.496 e. The van der Waals surface area contributed by atoms with E-state index < -0.39 is 23.8 Å². The number of methoxy groups -OCH3 is 1. The lowest BCUT2D eigenvalue weighted by Gasteiger charge is -2.13. The molecular formula is C17H13F3N4O4. The Hall–Kier alpha value is -3.63. The molecular weight excluding hydrogens is 381 g/mol. The van der Waals surface area contributed by atoms with Crippen molar-refractivity contribution in [2.24, 2.45) is 0 Å². The molecule has 8 nitrogen and oxygen atoms in total. The molecule has 0 aliphatic rings. The Kier molecular flexibility index (Phi) is 5.16. The van der Waals surface area contributed by atoms with Crippen molar-refractivity contribution in [2.45, 2.75) is 12.9 Å². The molecule has 0 aliphatic heterocycles. The quantitative estimate of drug-likeness (QED) is 0.686. The van der Waals surface area contributed by atoms with Gasteiger partial charge >= 0.3 is 18.2 Å². The van der Waals surface area contributed by atoms with Gasteiger partial charge in [0.15, 0.2) is 18.1 Å². The topological polar surface area (TPSA) is 99.4 Å². The molecule has 0 fully saturated rings. The van der Waals surface area contributed by atoms with Gasteiger partial charge in [0.25, 0.3) is 0 Å². The minimum atomic E-state index is -4.72. The first-order valence-electron chi connectivity index (χ1n) is 7.77. The Labute approximate surface area is 156 Å². The summed E-state index contributed by atoms with van der Waals surface area (Å²) in [6.45, 7) is -0.375. The summed E-state index contributed by atoms with van der Waals surface area (Å²) in [5, 5.41) is 12.5. The maximum atomic E-state index is 13.2. The van der Waals surface area contributed by atoms with Gasteiger partial charge in [0.05, 0.1) is 12.8 Å². The van der Waals surface area contributed by atoms with Gasteiger partial charge in [-0.15, -0.1) is 0 Å². The molecule has 3 rings (SSSR count). The summed E-state index contributed by atoms with van der Waals surface area (Å²) >= 11 is 0. The van der Waals surface area contributed by atoms with E-state index >= 15 is 0 Å². The van der Waals surface area contributed by atoms with Crippen molar-refractivity contribution in [1.29, 1.82) is 0 Å². The first-order valence-corrected chi connectivity index (χ1v) is 7.77. The summed E-state index contributed by atoms with van der Waals surface area (Å²) in [5.74, 6) is -0.911. The lowest BCUT2D eigenvalue weighted by Crippen LogP contribution is -2.13. The number of hydrogen-bond donors (Lipinski definition) is 1. The predicted octanol–water partition coefficient (Wildman–Crippen LogP) is 3.10. The van der Waals surface area contributed by atoms with Gasteiger partial charge in [-0.05, 0) is 24.3 Å². The second kappa shape index (κ2) is 7.55. The maximum absolute atomic E-state index is 13.2. The molecule has 0 spiro atoms. The fraction of sp³-hybridized carbons (Fsp3) is 0.176. The Morgan fingerprint density at radius 3 is 2.61 bits per heavy atom. The van der Waals surface area contributed by atoms with Crippen LogP contribution in [0.4, 0.5) is 13.2 Å². The lowest BCUT2D eigenvalue weighted by molar-refractivity contribution is -0.141. The second-order valence-corrected chi connectivity index (χ2v) is 5.44. The van der Waals surface area contributed by atoms with Gasteiger partial charge in [-0.25, -0.2) is 9.48 Å². The minimum absolute atomic E-state index is 0.0403. The SMILES string of the molecule is COc1ccccc1-c1cc(C(F)(F)F)nc(OCn2ccc(C(=O)O)n2)n1. The van der Waals surface area contributed by atoms with Gasteiger partial charge in [-0.3, -0.25) is 0 Å². The molecule has 0 radical (unpaired) electrons. The number of benzene rings is 1. The zero-order chi connectivity index (χ0) is 20.3. The van der Waals surface area contributed by atoms with Gasteiger partial charge in [0.2, 0.25) is 0 Å². The number of rotatable bonds is 6.